The van der Waals surface area contributed by atoms with Crippen molar-refractivity contribution in [2.45, 2.75) is 32.2 Å². The van der Waals surface area contributed by atoms with Gasteiger partial charge in [-0.1, -0.05) is 6.92 Å². The molecule has 2 aliphatic rings. The first kappa shape index (κ1) is 9.47. The van der Waals surface area contributed by atoms with E-state index in [0.717, 1.165) is 17.9 Å². The van der Waals surface area contributed by atoms with Gasteiger partial charge in [0.15, 0.2) is 0 Å². The zero-order chi connectivity index (χ0) is 9.26. The minimum Gasteiger partial charge on any atom is -0.315 e. The van der Waals surface area contributed by atoms with Crippen molar-refractivity contribution in [3.8, 4) is 0 Å². The van der Waals surface area contributed by atoms with E-state index < -0.39 is 0 Å². The molecule has 13 heavy (non-hydrogen) atoms. The Morgan fingerprint density at radius 2 is 2.15 bits per heavy atom. The molecule has 76 valence electrons. The summed E-state index contributed by atoms with van der Waals surface area (Å²) in [6.07, 6.45) is 4.31. The van der Waals surface area contributed by atoms with E-state index in [1.807, 2.05) is 0 Å². The summed E-state index contributed by atoms with van der Waals surface area (Å²) in [6, 6.07) is 0.769. The second-order valence-corrected chi connectivity index (χ2v) is 4.89. The average Bonchev–Trinajstić information content (AvgIpc) is 2.87. The number of hydrogen-bond acceptors (Lipinski definition) is 2. The van der Waals surface area contributed by atoms with Crippen LogP contribution < -0.4 is 5.32 Å². The highest BCUT2D eigenvalue weighted by Gasteiger charge is 2.32. The lowest BCUT2D eigenvalue weighted by Gasteiger charge is -2.23. The second kappa shape index (κ2) is 3.97. The van der Waals surface area contributed by atoms with Crippen LogP contribution in [0.25, 0.3) is 0 Å². The Hall–Kier alpha value is -0.0800. The SMILES string of the molecule is CNC(CN1CCC(C)C1)C1CC1. The summed E-state index contributed by atoms with van der Waals surface area (Å²) in [7, 11) is 2.11. The molecule has 0 aromatic heterocycles. The third-order valence-corrected chi connectivity index (χ3v) is 3.52. The Balaban J connectivity index is 1.75. The van der Waals surface area contributed by atoms with Crippen LogP contribution >= 0.6 is 0 Å². The minimum absolute atomic E-state index is 0.769. The Labute approximate surface area is 81.7 Å². The molecule has 2 fully saturated rings. The number of nitrogens with one attached hydrogen (secondary N) is 1. The van der Waals surface area contributed by atoms with Crippen molar-refractivity contribution in [2.75, 3.05) is 26.7 Å². The zero-order valence-electron chi connectivity index (χ0n) is 8.92. The molecule has 1 saturated carbocycles. The van der Waals surface area contributed by atoms with E-state index in [9.17, 15) is 0 Å². The summed E-state index contributed by atoms with van der Waals surface area (Å²) in [4.78, 5) is 2.63. The molecular weight excluding hydrogens is 160 g/mol. The molecule has 2 rings (SSSR count). The van der Waals surface area contributed by atoms with Crippen molar-refractivity contribution in [3.05, 3.63) is 0 Å². The van der Waals surface area contributed by atoms with Crippen molar-refractivity contribution >= 4 is 0 Å². The van der Waals surface area contributed by atoms with Gasteiger partial charge in [0.25, 0.3) is 0 Å². The van der Waals surface area contributed by atoms with Gasteiger partial charge in [-0.15, -0.1) is 0 Å². The van der Waals surface area contributed by atoms with Crippen LogP contribution in [0.3, 0.4) is 0 Å². The second-order valence-electron chi connectivity index (χ2n) is 4.89. The number of rotatable bonds is 4. The molecule has 0 amide bonds. The number of hydrogen-bond donors (Lipinski definition) is 1. The maximum Gasteiger partial charge on any atom is 0.0220 e. The quantitative estimate of drug-likeness (QED) is 0.705. The maximum absolute atomic E-state index is 3.46. The van der Waals surface area contributed by atoms with E-state index >= 15 is 0 Å². The molecule has 2 nitrogen and oxygen atoms in total. The molecule has 0 bridgehead atoms. The summed E-state index contributed by atoms with van der Waals surface area (Å²) < 4.78 is 0. The molecule has 2 heteroatoms. The van der Waals surface area contributed by atoms with Gasteiger partial charge in [-0.25, -0.2) is 0 Å². The van der Waals surface area contributed by atoms with Crippen LogP contribution in [0.5, 0.6) is 0 Å². The third-order valence-electron chi connectivity index (χ3n) is 3.52. The molecule has 1 N–H and O–H groups in total. The monoisotopic (exact) mass is 182 g/mol. The topological polar surface area (TPSA) is 15.3 Å². The van der Waals surface area contributed by atoms with Gasteiger partial charge in [0.1, 0.15) is 0 Å². The lowest BCUT2D eigenvalue weighted by atomic mass is 10.1. The first-order valence-electron chi connectivity index (χ1n) is 5.69. The molecule has 1 aliphatic heterocycles. The predicted octanol–water partition coefficient (Wildman–Crippen LogP) is 1.33. The third kappa shape index (κ3) is 2.44. The van der Waals surface area contributed by atoms with E-state index in [-0.39, 0.29) is 0 Å². The Morgan fingerprint density at radius 3 is 2.62 bits per heavy atom. The van der Waals surface area contributed by atoms with Crippen molar-refractivity contribution in [1.29, 1.82) is 0 Å². The van der Waals surface area contributed by atoms with Gasteiger partial charge in [-0.05, 0) is 44.7 Å². The molecule has 1 heterocycles. The first-order valence-corrected chi connectivity index (χ1v) is 5.69. The molecule has 0 spiro atoms. The smallest absolute Gasteiger partial charge is 0.0220 e. The molecule has 1 aliphatic carbocycles. The van der Waals surface area contributed by atoms with E-state index in [0.29, 0.717) is 0 Å². The largest absolute Gasteiger partial charge is 0.315 e. The van der Waals surface area contributed by atoms with Crippen molar-refractivity contribution in [2.24, 2.45) is 11.8 Å². The van der Waals surface area contributed by atoms with Crippen LogP contribution in [-0.2, 0) is 0 Å². The summed E-state index contributed by atoms with van der Waals surface area (Å²) in [5.41, 5.74) is 0. The minimum atomic E-state index is 0.769. The van der Waals surface area contributed by atoms with Gasteiger partial charge in [0.2, 0.25) is 0 Å². The molecule has 0 radical (unpaired) electrons. The Morgan fingerprint density at radius 1 is 1.38 bits per heavy atom. The Bertz CT molecular complexity index is 165. The number of nitrogens with zero attached hydrogens (tertiary/aromatic N) is 1. The highest BCUT2D eigenvalue weighted by molar-refractivity contribution is 4.88. The van der Waals surface area contributed by atoms with Gasteiger partial charge in [0, 0.05) is 19.1 Å². The van der Waals surface area contributed by atoms with Gasteiger partial charge in [-0.3, -0.25) is 0 Å². The molecular formula is C11H22N2. The fourth-order valence-electron chi connectivity index (χ4n) is 2.44. The molecule has 0 aromatic carbocycles. The fourth-order valence-corrected chi connectivity index (χ4v) is 2.44. The van der Waals surface area contributed by atoms with Crippen molar-refractivity contribution < 1.29 is 0 Å². The lowest BCUT2D eigenvalue weighted by molar-refractivity contribution is 0.275. The van der Waals surface area contributed by atoms with E-state index in [4.69, 9.17) is 0 Å². The highest BCUT2D eigenvalue weighted by atomic mass is 15.2. The Kier molecular flexibility index (Phi) is 2.89. The van der Waals surface area contributed by atoms with Gasteiger partial charge < -0.3 is 10.2 Å². The van der Waals surface area contributed by atoms with Gasteiger partial charge >= 0.3 is 0 Å². The van der Waals surface area contributed by atoms with Crippen LogP contribution in [0.4, 0.5) is 0 Å². The number of likely N-dealkylation sites (tertiary alicyclic amines) is 1. The van der Waals surface area contributed by atoms with Gasteiger partial charge in [0.05, 0.1) is 0 Å². The van der Waals surface area contributed by atoms with E-state index in [1.54, 1.807) is 0 Å². The standard InChI is InChI=1S/C11H22N2/c1-9-5-6-13(7-9)8-11(12-2)10-3-4-10/h9-12H,3-8H2,1-2H3. The van der Waals surface area contributed by atoms with Crippen LogP contribution in [0.15, 0.2) is 0 Å². The zero-order valence-corrected chi connectivity index (χ0v) is 8.92. The van der Waals surface area contributed by atoms with Crippen molar-refractivity contribution in [1.82, 2.24) is 10.2 Å². The summed E-state index contributed by atoms with van der Waals surface area (Å²) in [5, 5.41) is 3.46. The normalized spacial score (nSPS) is 32.3. The van der Waals surface area contributed by atoms with E-state index in [1.165, 1.54) is 38.9 Å². The van der Waals surface area contributed by atoms with Crippen LogP contribution in [0.2, 0.25) is 0 Å². The van der Waals surface area contributed by atoms with Gasteiger partial charge in [-0.2, -0.15) is 0 Å². The summed E-state index contributed by atoms with van der Waals surface area (Å²) >= 11 is 0. The molecule has 0 aromatic rings. The molecule has 2 atom stereocenters. The molecule has 2 unspecified atom stereocenters. The van der Waals surface area contributed by atoms with Crippen LogP contribution in [-0.4, -0.2) is 37.6 Å². The van der Waals surface area contributed by atoms with Crippen LogP contribution in [0.1, 0.15) is 26.2 Å². The van der Waals surface area contributed by atoms with Crippen molar-refractivity contribution in [3.63, 3.8) is 0 Å². The summed E-state index contributed by atoms with van der Waals surface area (Å²) in [6.45, 7) is 6.30. The van der Waals surface area contributed by atoms with E-state index in [2.05, 4.69) is 24.2 Å². The van der Waals surface area contributed by atoms with Crippen LogP contribution in [0, 0.1) is 11.8 Å². The maximum atomic E-state index is 3.46. The lowest BCUT2D eigenvalue weighted by Crippen LogP contribution is -2.39. The predicted molar refractivity (Wildman–Crippen MR) is 55.8 cm³/mol. The average molecular weight is 182 g/mol. The first-order chi connectivity index (χ1) is 6.29. The summed E-state index contributed by atoms with van der Waals surface area (Å²) in [5.74, 6) is 1.91. The molecule has 1 saturated heterocycles. The highest BCUT2D eigenvalue weighted by Crippen LogP contribution is 2.33. The fraction of sp³-hybridized carbons (Fsp3) is 1.00. The number of likely N-dealkylation sites (N-methyl/N-ethyl adjacent to an activating group) is 1.